The van der Waals surface area contributed by atoms with Gasteiger partial charge in [0.2, 0.25) is 0 Å². The molecule has 1 heteroatoms. The van der Waals surface area contributed by atoms with E-state index < -0.39 is 0 Å². The molecule has 0 aromatic heterocycles. The summed E-state index contributed by atoms with van der Waals surface area (Å²) in [5.74, 6) is 0.520. The summed E-state index contributed by atoms with van der Waals surface area (Å²) in [5.41, 5.74) is 6.15. The average Bonchev–Trinajstić information content (AvgIpc) is 2.15. The highest BCUT2D eigenvalue weighted by Crippen LogP contribution is 2.30. The summed E-state index contributed by atoms with van der Waals surface area (Å²) in [6, 6.07) is 0. The highest BCUT2D eigenvalue weighted by Gasteiger charge is 2.13. The van der Waals surface area contributed by atoms with Gasteiger partial charge in [-0.2, -0.15) is 0 Å². The van der Waals surface area contributed by atoms with Crippen LogP contribution >= 0.6 is 0 Å². The van der Waals surface area contributed by atoms with Crippen LogP contribution in [-0.2, 0) is 0 Å². The molecule has 1 aliphatic rings. The highest BCUT2D eigenvalue weighted by atomic mass is 16.3. The molecule has 13 heavy (non-hydrogen) atoms. The minimum Gasteiger partial charge on any atom is -0.512 e. The predicted octanol–water partition coefficient (Wildman–Crippen LogP) is 3.89. The Hall–Kier alpha value is -0.980. The van der Waals surface area contributed by atoms with Crippen molar-refractivity contribution >= 4 is 0 Å². The second-order valence-corrected chi connectivity index (χ2v) is 3.90. The Morgan fingerprint density at radius 2 is 1.23 bits per heavy atom. The van der Waals surface area contributed by atoms with Crippen LogP contribution in [0.2, 0.25) is 0 Å². The average molecular weight is 178 g/mol. The third kappa shape index (κ3) is 1.69. The second-order valence-electron chi connectivity index (χ2n) is 3.90. The first-order chi connectivity index (χ1) is 5.95. The molecule has 0 aromatic carbocycles. The molecule has 1 rings (SSSR count). The fourth-order valence-corrected chi connectivity index (χ4v) is 1.62. The third-order valence-corrected chi connectivity index (χ3v) is 3.19. The molecular weight excluding hydrogens is 160 g/mol. The molecule has 1 nitrogen and oxygen atoms in total. The number of aliphatic hydroxyl groups excluding tert-OH is 1. The summed E-state index contributed by atoms with van der Waals surface area (Å²) in [6.07, 6.45) is 0.701. The van der Waals surface area contributed by atoms with Crippen molar-refractivity contribution in [2.45, 2.75) is 41.0 Å². The molecule has 0 saturated carbocycles. The molecular formula is C12H18O. The monoisotopic (exact) mass is 178 g/mol. The van der Waals surface area contributed by atoms with E-state index in [0.29, 0.717) is 12.2 Å². The van der Waals surface area contributed by atoms with Crippen molar-refractivity contribution in [1.29, 1.82) is 0 Å². The second kappa shape index (κ2) is 3.41. The van der Waals surface area contributed by atoms with Gasteiger partial charge in [-0.3, -0.25) is 0 Å². The van der Waals surface area contributed by atoms with E-state index in [9.17, 15) is 5.11 Å². The quantitative estimate of drug-likeness (QED) is 0.596. The third-order valence-electron chi connectivity index (χ3n) is 3.19. The maximum absolute atomic E-state index is 9.75. The van der Waals surface area contributed by atoms with Gasteiger partial charge in [-0.05, 0) is 56.9 Å². The van der Waals surface area contributed by atoms with Crippen molar-refractivity contribution in [2.24, 2.45) is 0 Å². The summed E-state index contributed by atoms with van der Waals surface area (Å²) >= 11 is 0. The molecule has 0 spiro atoms. The van der Waals surface area contributed by atoms with Gasteiger partial charge in [-0.15, -0.1) is 0 Å². The molecule has 0 unspecified atom stereocenters. The number of hydrogen-bond acceptors (Lipinski definition) is 1. The van der Waals surface area contributed by atoms with Gasteiger partial charge in [-0.25, -0.2) is 0 Å². The Balaban J connectivity index is 3.35. The maximum Gasteiger partial charge on any atom is 0.0994 e. The van der Waals surface area contributed by atoms with E-state index in [0.717, 1.165) is 5.57 Å². The summed E-state index contributed by atoms with van der Waals surface area (Å²) < 4.78 is 0. The van der Waals surface area contributed by atoms with Crippen LogP contribution in [-0.4, -0.2) is 5.11 Å². The summed E-state index contributed by atoms with van der Waals surface area (Å²) in [6.45, 7) is 10.4. The van der Waals surface area contributed by atoms with Crippen molar-refractivity contribution in [3.63, 3.8) is 0 Å². The van der Waals surface area contributed by atoms with Gasteiger partial charge in [0.05, 0.1) is 5.76 Å². The predicted molar refractivity (Wildman–Crippen MR) is 56.7 cm³/mol. The fraction of sp³-hybridized carbons (Fsp3) is 0.500. The smallest absolute Gasteiger partial charge is 0.0994 e. The largest absolute Gasteiger partial charge is 0.512 e. The lowest BCUT2D eigenvalue weighted by molar-refractivity contribution is 0.392. The van der Waals surface area contributed by atoms with Crippen molar-refractivity contribution in [3.8, 4) is 0 Å². The van der Waals surface area contributed by atoms with Crippen molar-refractivity contribution in [3.05, 3.63) is 33.6 Å². The van der Waals surface area contributed by atoms with E-state index in [1.54, 1.807) is 0 Å². The molecule has 1 aliphatic carbocycles. The molecule has 0 atom stereocenters. The summed E-state index contributed by atoms with van der Waals surface area (Å²) in [7, 11) is 0. The SMILES string of the molecule is CC1=C(C)C(C)=C(C)C(C)=C(O)C1. The Morgan fingerprint density at radius 3 is 1.77 bits per heavy atom. The first kappa shape index (κ1) is 10.1. The van der Waals surface area contributed by atoms with E-state index in [4.69, 9.17) is 0 Å². The zero-order valence-corrected chi connectivity index (χ0v) is 9.15. The van der Waals surface area contributed by atoms with Crippen molar-refractivity contribution < 1.29 is 5.11 Å². The van der Waals surface area contributed by atoms with Crippen LogP contribution in [0.4, 0.5) is 0 Å². The normalized spacial score (nSPS) is 19.8. The number of hydrogen-bond donors (Lipinski definition) is 1. The van der Waals surface area contributed by atoms with E-state index in [-0.39, 0.29) is 0 Å². The van der Waals surface area contributed by atoms with Crippen LogP contribution in [0, 0.1) is 0 Å². The zero-order valence-electron chi connectivity index (χ0n) is 9.15. The number of rotatable bonds is 0. The van der Waals surface area contributed by atoms with Crippen LogP contribution in [0.1, 0.15) is 41.0 Å². The van der Waals surface area contributed by atoms with E-state index in [1.165, 1.54) is 22.3 Å². The number of aliphatic hydroxyl groups is 1. The standard InChI is InChI=1S/C12H18O/c1-7-6-12(13)11(5)10(4)9(3)8(7)2/h13H,6H2,1-5H3. The highest BCUT2D eigenvalue weighted by molar-refractivity contribution is 5.47. The van der Waals surface area contributed by atoms with Crippen LogP contribution < -0.4 is 0 Å². The van der Waals surface area contributed by atoms with Crippen LogP contribution in [0.15, 0.2) is 33.6 Å². The molecule has 0 radical (unpaired) electrons. The molecule has 0 saturated heterocycles. The maximum atomic E-state index is 9.75. The molecule has 0 amide bonds. The lowest BCUT2D eigenvalue weighted by Crippen LogP contribution is -1.89. The minimum absolute atomic E-state index is 0.520. The van der Waals surface area contributed by atoms with Crippen LogP contribution in [0.5, 0.6) is 0 Å². The molecule has 0 heterocycles. The lowest BCUT2D eigenvalue weighted by atomic mass is 9.99. The summed E-state index contributed by atoms with van der Waals surface area (Å²) in [4.78, 5) is 0. The Kier molecular flexibility index (Phi) is 2.65. The Labute approximate surface area is 80.5 Å². The van der Waals surface area contributed by atoms with Crippen LogP contribution in [0.3, 0.4) is 0 Å². The molecule has 0 fully saturated rings. The van der Waals surface area contributed by atoms with E-state index in [1.807, 2.05) is 6.92 Å². The molecule has 1 N–H and O–H groups in total. The Morgan fingerprint density at radius 1 is 0.769 bits per heavy atom. The Bertz CT molecular complexity index is 295. The molecule has 0 aromatic rings. The van der Waals surface area contributed by atoms with E-state index >= 15 is 0 Å². The van der Waals surface area contributed by atoms with Gasteiger partial charge >= 0.3 is 0 Å². The first-order valence-electron chi connectivity index (χ1n) is 4.68. The number of allylic oxidation sites excluding steroid dienone is 5. The lowest BCUT2D eigenvalue weighted by Gasteiger charge is -2.07. The van der Waals surface area contributed by atoms with Crippen LogP contribution in [0.25, 0.3) is 0 Å². The van der Waals surface area contributed by atoms with Gasteiger partial charge in [0.1, 0.15) is 0 Å². The molecule has 0 aliphatic heterocycles. The van der Waals surface area contributed by atoms with E-state index in [2.05, 4.69) is 27.7 Å². The first-order valence-corrected chi connectivity index (χ1v) is 4.68. The van der Waals surface area contributed by atoms with Gasteiger partial charge in [-0.1, -0.05) is 5.57 Å². The van der Waals surface area contributed by atoms with Gasteiger partial charge in [0.25, 0.3) is 0 Å². The van der Waals surface area contributed by atoms with Gasteiger partial charge in [0.15, 0.2) is 0 Å². The topological polar surface area (TPSA) is 20.2 Å². The summed E-state index contributed by atoms with van der Waals surface area (Å²) in [5, 5.41) is 9.75. The zero-order chi connectivity index (χ0) is 10.2. The van der Waals surface area contributed by atoms with Gasteiger partial charge in [0, 0.05) is 6.42 Å². The molecule has 0 bridgehead atoms. The van der Waals surface area contributed by atoms with Crippen molar-refractivity contribution in [1.82, 2.24) is 0 Å². The van der Waals surface area contributed by atoms with Gasteiger partial charge < -0.3 is 5.11 Å². The minimum atomic E-state index is 0.520. The van der Waals surface area contributed by atoms with Crippen molar-refractivity contribution in [2.75, 3.05) is 0 Å². The fourth-order valence-electron chi connectivity index (χ4n) is 1.62. The molecule has 72 valence electrons.